The van der Waals surface area contributed by atoms with Crippen LogP contribution in [0.15, 0.2) is 8.95 Å². The Balaban J connectivity index is 2.93. The molecule has 0 aliphatic rings. The maximum absolute atomic E-state index is 3.60. The van der Waals surface area contributed by atoms with Crippen LogP contribution in [0.2, 0.25) is 0 Å². The number of aryl methyl sites for hydroxylation is 2. The fraction of sp³-hybridized carbons (Fsp3) is 0.250. The third-order valence-corrected chi connectivity index (χ3v) is 7.14. The molecule has 0 amide bonds. The molecule has 0 radical (unpaired) electrons. The van der Waals surface area contributed by atoms with Crippen LogP contribution in [0.1, 0.15) is 9.75 Å². The Kier molecular flexibility index (Phi) is 2.36. The van der Waals surface area contributed by atoms with Crippen LogP contribution in [0.4, 0.5) is 0 Å². The van der Waals surface area contributed by atoms with Crippen molar-refractivity contribution in [2.45, 2.75) is 13.8 Å². The summed E-state index contributed by atoms with van der Waals surface area (Å²) in [6.45, 7) is 4.28. The summed E-state index contributed by atoms with van der Waals surface area (Å²) < 4.78 is 5.28. The van der Waals surface area contributed by atoms with E-state index in [1.165, 1.54) is 28.1 Å². The van der Waals surface area contributed by atoms with Crippen LogP contribution in [0.25, 0.3) is 9.40 Å². The van der Waals surface area contributed by atoms with Gasteiger partial charge < -0.3 is 0 Å². The second-order valence-corrected chi connectivity index (χ2v) is 6.64. The average molecular weight is 326 g/mol. The zero-order valence-electron chi connectivity index (χ0n) is 6.57. The van der Waals surface area contributed by atoms with Crippen LogP contribution in [0.5, 0.6) is 0 Å². The van der Waals surface area contributed by atoms with Gasteiger partial charge in [0.05, 0.1) is 9.40 Å². The molecule has 0 atom stereocenters. The molecule has 64 valence electrons. The van der Waals surface area contributed by atoms with Crippen LogP contribution in [0.3, 0.4) is 0 Å². The van der Waals surface area contributed by atoms with Gasteiger partial charge in [-0.25, -0.2) is 0 Å². The zero-order valence-corrected chi connectivity index (χ0v) is 11.4. The van der Waals surface area contributed by atoms with Gasteiger partial charge in [0.1, 0.15) is 0 Å². The first kappa shape index (κ1) is 9.19. The molecule has 0 aliphatic heterocycles. The zero-order chi connectivity index (χ0) is 8.88. The number of rotatable bonds is 0. The lowest BCUT2D eigenvalue weighted by Gasteiger charge is -1.85. The van der Waals surface area contributed by atoms with Crippen molar-refractivity contribution in [1.29, 1.82) is 0 Å². The summed E-state index contributed by atoms with van der Waals surface area (Å²) in [4.78, 5) is 2.72. The maximum Gasteiger partial charge on any atom is 0.0610 e. The molecule has 2 aromatic rings. The van der Waals surface area contributed by atoms with Gasteiger partial charge in [-0.05, 0) is 45.7 Å². The van der Waals surface area contributed by atoms with Crippen molar-refractivity contribution in [1.82, 2.24) is 0 Å². The molecular formula is C8H6Br2S2. The largest absolute Gasteiger partial charge is 0.137 e. The van der Waals surface area contributed by atoms with E-state index in [2.05, 4.69) is 45.7 Å². The molecule has 0 aromatic carbocycles. The Morgan fingerprint density at radius 2 is 1.17 bits per heavy atom. The molecule has 0 bridgehead atoms. The first-order valence-corrected chi connectivity index (χ1v) is 6.66. The standard InChI is InChI=1S/C8H6Br2S2/c1-3-5(9)7-8(11-3)6(10)4(2)12-7/h1-2H3. The highest BCUT2D eigenvalue weighted by Gasteiger charge is 2.13. The van der Waals surface area contributed by atoms with Gasteiger partial charge in [-0.15, -0.1) is 22.7 Å². The summed E-state index contributed by atoms with van der Waals surface area (Å²) in [5, 5.41) is 0. The molecule has 0 aliphatic carbocycles. The summed E-state index contributed by atoms with van der Waals surface area (Å²) in [5.41, 5.74) is 0. The van der Waals surface area contributed by atoms with Crippen LogP contribution < -0.4 is 0 Å². The van der Waals surface area contributed by atoms with E-state index >= 15 is 0 Å². The summed E-state index contributed by atoms with van der Waals surface area (Å²) in [6.07, 6.45) is 0. The monoisotopic (exact) mass is 324 g/mol. The molecule has 0 saturated carbocycles. The highest BCUT2D eigenvalue weighted by atomic mass is 79.9. The molecule has 4 heteroatoms. The second kappa shape index (κ2) is 3.08. The third kappa shape index (κ3) is 1.20. The predicted molar refractivity (Wildman–Crippen MR) is 64.6 cm³/mol. The van der Waals surface area contributed by atoms with Gasteiger partial charge >= 0.3 is 0 Å². The van der Waals surface area contributed by atoms with Gasteiger partial charge in [0.15, 0.2) is 0 Å². The van der Waals surface area contributed by atoms with Gasteiger partial charge in [0.25, 0.3) is 0 Å². The highest BCUT2D eigenvalue weighted by Crippen LogP contribution is 2.45. The number of thiophene rings is 2. The molecule has 0 saturated heterocycles. The Morgan fingerprint density at radius 1 is 0.833 bits per heavy atom. The molecule has 2 rings (SSSR count). The molecular weight excluding hydrogens is 320 g/mol. The van der Waals surface area contributed by atoms with E-state index in [0.717, 1.165) is 0 Å². The molecule has 0 spiro atoms. The SMILES string of the molecule is Cc1sc2c(Br)c(C)sc2c1Br. The van der Waals surface area contributed by atoms with Gasteiger partial charge in [-0.1, -0.05) is 0 Å². The Labute approximate surface area is 95.9 Å². The fourth-order valence-electron chi connectivity index (χ4n) is 1.10. The van der Waals surface area contributed by atoms with Gasteiger partial charge in [0, 0.05) is 18.7 Å². The van der Waals surface area contributed by atoms with Crippen molar-refractivity contribution in [3.63, 3.8) is 0 Å². The van der Waals surface area contributed by atoms with Crippen molar-refractivity contribution in [2.24, 2.45) is 0 Å². The van der Waals surface area contributed by atoms with E-state index in [1.54, 1.807) is 0 Å². The Morgan fingerprint density at radius 3 is 1.50 bits per heavy atom. The van der Waals surface area contributed by atoms with Gasteiger partial charge in [-0.2, -0.15) is 0 Å². The summed E-state index contributed by atoms with van der Waals surface area (Å²) in [6, 6.07) is 0. The number of fused-ring (bicyclic) bond motifs is 1. The Hall–Kier alpha value is 0.620. The van der Waals surface area contributed by atoms with E-state index in [-0.39, 0.29) is 0 Å². The normalized spacial score (nSPS) is 11.3. The third-order valence-electron chi connectivity index (χ3n) is 1.73. The summed E-state index contributed by atoms with van der Waals surface area (Å²) in [5.74, 6) is 0. The predicted octanol–water partition coefficient (Wildman–Crippen LogP) is 5.10. The van der Waals surface area contributed by atoms with Crippen molar-refractivity contribution in [3.8, 4) is 0 Å². The lowest BCUT2D eigenvalue weighted by Crippen LogP contribution is -1.58. The van der Waals surface area contributed by atoms with E-state index in [0.29, 0.717) is 0 Å². The van der Waals surface area contributed by atoms with Crippen LogP contribution in [0, 0.1) is 13.8 Å². The quantitative estimate of drug-likeness (QED) is 0.631. The minimum absolute atomic E-state index is 1.27. The molecule has 2 heterocycles. The van der Waals surface area contributed by atoms with Crippen molar-refractivity contribution >= 4 is 63.9 Å². The molecule has 0 N–H and O–H groups in total. The number of halogens is 2. The number of hydrogen-bond donors (Lipinski definition) is 0. The second-order valence-electron chi connectivity index (χ2n) is 2.60. The van der Waals surface area contributed by atoms with E-state index < -0.39 is 0 Å². The molecule has 2 aromatic heterocycles. The minimum Gasteiger partial charge on any atom is -0.137 e. The van der Waals surface area contributed by atoms with Gasteiger partial charge in [0.2, 0.25) is 0 Å². The fourth-order valence-corrected chi connectivity index (χ4v) is 4.98. The van der Waals surface area contributed by atoms with E-state index in [4.69, 9.17) is 0 Å². The van der Waals surface area contributed by atoms with Gasteiger partial charge in [-0.3, -0.25) is 0 Å². The van der Waals surface area contributed by atoms with Crippen LogP contribution in [-0.2, 0) is 0 Å². The van der Waals surface area contributed by atoms with Crippen molar-refractivity contribution in [3.05, 3.63) is 18.7 Å². The first-order valence-electron chi connectivity index (χ1n) is 3.44. The lowest BCUT2D eigenvalue weighted by atomic mass is 10.4. The maximum atomic E-state index is 3.60. The molecule has 0 fully saturated rings. The molecule has 0 unspecified atom stereocenters. The first-order chi connectivity index (χ1) is 5.61. The summed E-state index contributed by atoms with van der Waals surface area (Å²) >= 11 is 10.9. The van der Waals surface area contributed by atoms with E-state index in [9.17, 15) is 0 Å². The highest BCUT2D eigenvalue weighted by molar-refractivity contribution is 9.11. The van der Waals surface area contributed by atoms with Crippen LogP contribution >= 0.6 is 54.5 Å². The number of hydrogen-bond acceptors (Lipinski definition) is 2. The Bertz CT molecular complexity index is 397. The molecule has 0 nitrogen and oxygen atoms in total. The smallest absolute Gasteiger partial charge is 0.0610 e. The molecule has 12 heavy (non-hydrogen) atoms. The van der Waals surface area contributed by atoms with E-state index in [1.807, 2.05) is 22.7 Å². The van der Waals surface area contributed by atoms with Crippen LogP contribution in [-0.4, -0.2) is 0 Å². The average Bonchev–Trinajstić information content (AvgIpc) is 2.43. The van der Waals surface area contributed by atoms with Crippen molar-refractivity contribution < 1.29 is 0 Å². The minimum atomic E-state index is 1.27. The topological polar surface area (TPSA) is 0 Å². The summed E-state index contributed by atoms with van der Waals surface area (Å²) in [7, 11) is 0. The lowest BCUT2D eigenvalue weighted by molar-refractivity contribution is 1.61. The van der Waals surface area contributed by atoms with Crippen molar-refractivity contribution in [2.75, 3.05) is 0 Å².